The molecule has 1 amide bonds. The van der Waals surface area contributed by atoms with Crippen molar-refractivity contribution in [1.29, 1.82) is 0 Å². The van der Waals surface area contributed by atoms with Gasteiger partial charge in [0.15, 0.2) is 0 Å². The van der Waals surface area contributed by atoms with Crippen molar-refractivity contribution in [2.45, 2.75) is 38.3 Å². The molecule has 0 bridgehead atoms. The van der Waals surface area contributed by atoms with Gasteiger partial charge in [-0.1, -0.05) is 36.4 Å². The molecule has 1 heterocycles. The Morgan fingerprint density at radius 1 is 1.18 bits per heavy atom. The highest BCUT2D eigenvalue weighted by Gasteiger charge is 2.21. The fourth-order valence-electron chi connectivity index (χ4n) is 3.54. The monoisotopic (exact) mass is 382 g/mol. The third-order valence-electron chi connectivity index (χ3n) is 5.01. The summed E-state index contributed by atoms with van der Waals surface area (Å²) in [5, 5.41) is 3.19. The fraction of sp³-hybridized carbons (Fsp3) is 0.435. The molecule has 3 rings (SSSR count). The molecule has 2 aromatic carbocycles. The first-order valence-electron chi connectivity index (χ1n) is 10.0. The topological polar surface area (TPSA) is 50.8 Å². The van der Waals surface area contributed by atoms with Crippen LogP contribution in [0.5, 0.6) is 5.75 Å². The Morgan fingerprint density at radius 2 is 2.04 bits per heavy atom. The van der Waals surface area contributed by atoms with Gasteiger partial charge >= 0.3 is 0 Å². The van der Waals surface area contributed by atoms with Crippen LogP contribution in [-0.4, -0.2) is 38.8 Å². The van der Waals surface area contributed by atoms with Crippen LogP contribution < -0.4 is 15.0 Å². The Hall–Kier alpha value is -2.53. The van der Waals surface area contributed by atoms with Gasteiger partial charge in [-0.15, -0.1) is 0 Å². The smallest absolute Gasteiger partial charge is 0.220 e. The first kappa shape index (κ1) is 20.2. The molecule has 0 radical (unpaired) electrons. The quantitative estimate of drug-likeness (QED) is 0.671. The SMILES string of the molecule is COc1cccc(N2CCCC(NC(=O)CCCOCc3ccccc3)C2)c1. The maximum atomic E-state index is 12.3. The van der Waals surface area contributed by atoms with Crippen LogP contribution in [-0.2, 0) is 16.1 Å². The number of ether oxygens (including phenoxy) is 2. The normalized spacial score (nSPS) is 16.6. The van der Waals surface area contributed by atoms with Crippen LogP contribution in [0.25, 0.3) is 0 Å². The number of nitrogens with zero attached hydrogens (tertiary/aromatic N) is 1. The molecule has 1 aliphatic heterocycles. The average molecular weight is 383 g/mol. The number of amides is 1. The number of carbonyl (C=O) groups excluding carboxylic acids is 1. The molecule has 0 aliphatic carbocycles. The summed E-state index contributed by atoms with van der Waals surface area (Å²) < 4.78 is 11.0. The molecule has 0 spiro atoms. The van der Waals surface area contributed by atoms with E-state index >= 15 is 0 Å². The van der Waals surface area contributed by atoms with Crippen LogP contribution in [0.1, 0.15) is 31.2 Å². The zero-order valence-electron chi connectivity index (χ0n) is 16.6. The fourth-order valence-corrected chi connectivity index (χ4v) is 3.54. The lowest BCUT2D eigenvalue weighted by atomic mass is 10.0. The van der Waals surface area contributed by atoms with Gasteiger partial charge in [0.05, 0.1) is 13.7 Å². The molecular weight excluding hydrogens is 352 g/mol. The van der Waals surface area contributed by atoms with Gasteiger partial charge in [-0.2, -0.15) is 0 Å². The number of methoxy groups -OCH3 is 1. The minimum absolute atomic E-state index is 0.112. The molecule has 1 saturated heterocycles. The van der Waals surface area contributed by atoms with E-state index in [0.717, 1.165) is 49.4 Å². The minimum atomic E-state index is 0.112. The van der Waals surface area contributed by atoms with Crippen molar-refractivity contribution in [1.82, 2.24) is 5.32 Å². The minimum Gasteiger partial charge on any atom is -0.497 e. The third-order valence-corrected chi connectivity index (χ3v) is 5.01. The Balaban J connectivity index is 1.36. The van der Waals surface area contributed by atoms with Crippen LogP contribution in [0, 0.1) is 0 Å². The number of anilines is 1. The highest BCUT2D eigenvalue weighted by atomic mass is 16.5. The summed E-state index contributed by atoms with van der Waals surface area (Å²) in [5.41, 5.74) is 2.31. The van der Waals surface area contributed by atoms with Gasteiger partial charge in [-0.05, 0) is 37.0 Å². The molecule has 2 aromatic rings. The lowest BCUT2D eigenvalue weighted by Gasteiger charge is -2.35. The molecule has 0 aromatic heterocycles. The van der Waals surface area contributed by atoms with Gasteiger partial charge < -0.3 is 19.7 Å². The maximum absolute atomic E-state index is 12.3. The van der Waals surface area contributed by atoms with Crippen molar-refractivity contribution < 1.29 is 14.3 Å². The molecule has 1 N–H and O–H groups in total. The van der Waals surface area contributed by atoms with Crippen molar-refractivity contribution in [2.75, 3.05) is 31.7 Å². The molecular formula is C23H30N2O3. The van der Waals surface area contributed by atoms with Crippen molar-refractivity contribution in [2.24, 2.45) is 0 Å². The van der Waals surface area contributed by atoms with Crippen molar-refractivity contribution in [3.05, 3.63) is 60.2 Å². The molecule has 1 aliphatic rings. The Morgan fingerprint density at radius 3 is 2.86 bits per heavy atom. The predicted molar refractivity (Wildman–Crippen MR) is 112 cm³/mol. The Bertz CT molecular complexity index is 736. The number of rotatable bonds is 9. The molecule has 1 atom stereocenters. The van der Waals surface area contributed by atoms with E-state index in [-0.39, 0.29) is 11.9 Å². The summed E-state index contributed by atoms with van der Waals surface area (Å²) in [6, 6.07) is 18.4. The lowest BCUT2D eigenvalue weighted by Crippen LogP contribution is -2.47. The van der Waals surface area contributed by atoms with Crippen LogP contribution in [0.2, 0.25) is 0 Å². The summed E-state index contributed by atoms with van der Waals surface area (Å²) in [4.78, 5) is 14.6. The second kappa shape index (κ2) is 10.7. The largest absolute Gasteiger partial charge is 0.497 e. The molecule has 150 valence electrons. The summed E-state index contributed by atoms with van der Waals surface area (Å²) in [6.45, 7) is 3.04. The second-order valence-electron chi connectivity index (χ2n) is 7.20. The number of hydrogen-bond donors (Lipinski definition) is 1. The number of benzene rings is 2. The van der Waals surface area contributed by atoms with E-state index in [9.17, 15) is 4.79 Å². The summed E-state index contributed by atoms with van der Waals surface area (Å²) in [5.74, 6) is 0.972. The standard InChI is InChI=1S/C23H30N2O3/c1-27-22-12-5-11-21(16-22)25-14-6-10-20(17-25)24-23(26)13-7-15-28-18-19-8-3-2-4-9-19/h2-5,8-9,11-12,16,20H,6-7,10,13-15,17-18H2,1H3,(H,24,26). The van der Waals surface area contributed by atoms with Crippen molar-refractivity contribution in [3.8, 4) is 5.75 Å². The molecule has 1 fully saturated rings. The zero-order chi connectivity index (χ0) is 19.6. The van der Waals surface area contributed by atoms with E-state index in [1.165, 1.54) is 0 Å². The van der Waals surface area contributed by atoms with Gasteiger partial charge in [-0.25, -0.2) is 0 Å². The summed E-state index contributed by atoms with van der Waals surface area (Å²) in [7, 11) is 1.68. The van der Waals surface area contributed by atoms with Crippen LogP contribution in [0.15, 0.2) is 54.6 Å². The Labute approximate surface area is 167 Å². The van der Waals surface area contributed by atoms with Gasteiger partial charge in [0, 0.05) is 43.9 Å². The lowest BCUT2D eigenvalue weighted by molar-refractivity contribution is -0.122. The van der Waals surface area contributed by atoms with E-state index in [2.05, 4.69) is 16.3 Å². The van der Waals surface area contributed by atoms with Crippen molar-refractivity contribution >= 4 is 11.6 Å². The highest BCUT2D eigenvalue weighted by molar-refractivity contribution is 5.76. The van der Waals surface area contributed by atoms with Crippen LogP contribution >= 0.6 is 0 Å². The van der Waals surface area contributed by atoms with E-state index in [1.54, 1.807) is 7.11 Å². The number of hydrogen-bond acceptors (Lipinski definition) is 4. The first-order valence-corrected chi connectivity index (χ1v) is 10.0. The van der Waals surface area contributed by atoms with Gasteiger partial charge in [-0.3, -0.25) is 4.79 Å². The van der Waals surface area contributed by atoms with Crippen molar-refractivity contribution in [3.63, 3.8) is 0 Å². The molecule has 0 saturated carbocycles. The van der Waals surface area contributed by atoms with E-state index in [4.69, 9.17) is 9.47 Å². The first-order chi connectivity index (χ1) is 13.7. The van der Waals surface area contributed by atoms with Gasteiger partial charge in [0.1, 0.15) is 5.75 Å². The highest BCUT2D eigenvalue weighted by Crippen LogP contribution is 2.24. The molecule has 28 heavy (non-hydrogen) atoms. The summed E-state index contributed by atoms with van der Waals surface area (Å²) in [6.07, 6.45) is 3.34. The van der Waals surface area contributed by atoms with E-state index < -0.39 is 0 Å². The molecule has 5 heteroatoms. The maximum Gasteiger partial charge on any atom is 0.220 e. The molecule has 1 unspecified atom stereocenters. The van der Waals surface area contributed by atoms with E-state index in [1.807, 2.05) is 48.5 Å². The number of carbonyl (C=O) groups is 1. The second-order valence-corrected chi connectivity index (χ2v) is 7.20. The summed E-state index contributed by atoms with van der Waals surface area (Å²) >= 11 is 0. The van der Waals surface area contributed by atoms with Gasteiger partial charge in [0.25, 0.3) is 0 Å². The number of nitrogens with one attached hydrogen (secondary N) is 1. The van der Waals surface area contributed by atoms with E-state index in [0.29, 0.717) is 19.6 Å². The predicted octanol–water partition coefficient (Wildman–Crippen LogP) is 3.78. The molecule has 5 nitrogen and oxygen atoms in total. The van der Waals surface area contributed by atoms with Crippen LogP contribution in [0.3, 0.4) is 0 Å². The Kier molecular flexibility index (Phi) is 7.73. The third kappa shape index (κ3) is 6.27. The average Bonchev–Trinajstić information content (AvgIpc) is 2.74. The van der Waals surface area contributed by atoms with Crippen LogP contribution in [0.4, 0.5) is 5.69 Å². The zero-order valence-corrected chi connectivity index (χ0v) is 16.6. The van der Waals surface area contributed by atoms with Gasteiger partial charge in [0.2, 0.25) is 5.91 Å². The number of piperidine rings is 1.